The van der Waals surface area contributed by atoms with E-state index in [1.807, 2.05) is 37.3 Å². The molecule has 0 bridgehead atoms. The Hall–Kier alpha value is -2.37. The van der Waals surface area contributed by atoms with Crippen LogP contribution >= 0.6 is 0 Å². The first-order chi connectivity index (χ1) is 9.67. The number of nitrogen functional groups attached to an aromatic ring is 1. The van der Waals surface area contributed by atoms with Gasteiger partial charge in [-0.2, -0.15) is 5.10 Å². The van der Waals surface area contributed by atoms with Crippen molar-refractivity contribution in [3.63, 3.8) is 0 Å². The van der Waals surface area contributed by atoms with Gasteiger partial charge in [-0.15, -0.1) is 0 Å². The van der Waals surface area contributed by atoms with Crippen molar-refractivity contribution in [3.8, 4) is 0 Å². The van der Waals surface area contributed by atoms with Crippen LogP contribution in [0.15, 0.2) is 36.5 Å². The maximum atomic E-state index is 12.5. The van der Waals surface area contributed by atoms with Crippen molar-refractivity contribution in [2.75, 3.05) is 23.9 Å². The van der Waals surface area contributed by atoms with Crippen LogP contribution in [0.3, 0.4) is 0 Å². The van der Waals surface area contributed by atoms with Gasteiger partial charge in [0.25, 0.3) is 5.91 Å². The molecule has 0 aliphatic heterocycles. The summed E-state index contributed by atoms with van der Waals surface area (Å²) in [5.41, 5.74) is 6.99. The lowest BCUT2D eigenvalue weighted by Gasteiger charge is -2.20. The molecule has 6 heteroatoms. The minimum Gasteiger partial charge on any atom is -0.396 e. The van der Waals surface area contributed by atoms with E-state index < -0.39 is 6.67 Å². The molecular formula is C14H17FN4O. The van der Waals surface area contributed by atoms with E-state index in [4.69, 9.17) is 5.73 Å². The minimum absolute atomic E-state index is 0.0922. The Balaban J connectivity index is 2.29. The molecule has 2 aromatic rings. The van der Waals surface area contributed by atoms with E-state index in [2.05, 4.69) is 5.10 Å². The minimum atomic E-state index is -0.551. The molecule has 1 aromatic heterocycles. The van der Waals surface area contributed by atoms with E-state index in [1.54, 1.807) is 4.90 Å². The molecule has 1 heterocycles. The second kappa shape index (κ2) is 6.18. The van der Waals surface area contributed by atoms with Crippen molar-refractivity contribution >= 4 is 17.3 Å². The van der Waals surface area contributed by atoms with Crippen LogP contribution in [0, 0.1) is 0 Å². The highest BCUT2D eigenvalue weighted by molar-refractivity contribution is 6.07. The Morgan fingerprint density at radius 1 is 1.40 bits per heavy atom. The van der Waals surface area contributed by atoms with Crippen LogP contribution in [0.25, 0.3) is 0 Å². The smallest absolute Gasteiger partial charge is 0.280 e. The summed E-state index contributed by atoms with van der Waals surface area (Å²) in [5.74, 6) is -0.284. The van der Waals surface area contributed by atoms with Gasteiger partial charge in [-0.05, 0) is 19.1 Å². The molecule has 5 nitrogen and oxygen atoms in total. The van der Waals surface area contributed by atoms with Gasteiger partial charge in [-0.1, -0.05) is 18.2 Å². The average Bonchev–Trinajstić information content (AvgIpc) is 2.82. The predicted molar refractivity (Wildman–Crippen MR) is 76.4 cm³/mol. The quantitative estimate of drug-likeness (QED) is 0.909. The molecular weight excluding hydrogens is 259 g/mol. The van der Waals surface area contributed by atoms with E-state index in [0.717, 1.165) is 5.69 Å². The molecule has 1 amide bonds. The maximum Gasteiger partial charge on any atom is 0.280 e. The number of aromatic nitrogens is 2. The number of amides is 1. The number of halogens is 1. The molecule has 0 saturated heterocycles. The number of carbonyl (C=O) groups excluding carboxylic acids is 1. The first-order valence-corrected chi connectivity index (χ1v) is 6.43. The standard InChI is InChI=1S/C14H17FN4O/c1-2-19(11-6-4-3-5-7-11)14(20)13-12(16)10-18(17-13)9-8-15/h3-7,10H,2,8-9,16H2,1H3. The lowest BCUT2D eigenvalue weighted by Crippen LogP contribution is -2.31. The fourth-order valence-electron chi connectivity index (χ4n) is 1.98. The van der Waals surface area contributed by atoms with Crippen molar-refractivity contribution in [2.24, 2.45) is 0 Å². The predicted octanol–water partition coefficient (Wildman–Crippen LogP) is 2.10. The molecule has 2 N–H and O–H groups in total. The van der Waals surface area contributed by atoms with Gasteiger partial charge in [0.2, 0.25) is 0 Å². The summed E-state index contributed by atoms with van der Waals surface area (Å²) in [6.07, 6.45) is 1.48. The summed E-state index contributed by atoms with van der Waals surface area (Å²) in [6, 6.07) is 9.28. The topological polar surface area (TPSA) is 64.2 Å². The molecule has 2 rings (SSSR count). The second-order valence-electron chi connectivity index (χ2n) is 4.27. The first kappa shape index (κ1) is 14.0. The first-order valence-electron chi connectivity index (χ1n) is 6.43. The second-order valence-corrected chi connectivity index (χ2v) is 4.27. The van der Waals surface area contributed by atoms with Gasteiger partial charge >= 0.3 is 0 Å². The number of para-hydroxylation sites is 1. The number of benzene rings is 1. The van der Waals surface area contributed by atoms with E-state index >= 15 is 0 Å². The number of aryl methyl sites for hydroxylation is 1. The van der Waals surface area contributed by atoms with Crippen molar-refractivity contribution in [1.29, 1.82) is 0 Å². The van der Waals surface area contributed by atoms with Crippen molar-refractivity contribution in [3.05, 3.63) is 42.2 Å². The number of nitrogens with zero attached hydrogens (tertiary/aromatic N) is 3. The molecule has 0 radical (unpaired) electrons. The third kappa shape index (κ3) is 2.79. The van der Waals surface area contributed by atoms with Gasteiger partial charge in [0.05, 0.1) is 12.2 Å². The lowest BCUT2D eigenvalue weighted by molar-refractivity contribution is 0.0983. The van der Waals surface area contributed by atoms with Gasteiger partial charge in [0.15, 0.2) is 5.69 Å². The monoisotopic (exact) mass is 276 g/mol. The average molecular weight is 276 g/mol. The van der Waals surface area contributed by atoms with E-state index in [1.165, 1.54) is 10.9 Å². The van der Waals surface area contributed by atoms with Crippen LogP contribution in [0.1, 0.15) is 17.4 Å². The third-order valence-electron chi connectivity index (χ3n) is 2.94. The summed E-state index contributed by atoms with van der Waals surface area (Å²) in [5, 5.41) is 4.05. The van der Waals surface area contributed by atoms with Crippen LogP contribution < -0.4 is 10.6 Å². The van der Waals surface area contributed by atoms with E-state index in [-0.39, 0.29) is 23.8 Å². The van der Waals surface area contributed by atoms with Gasteiger partial charge in [0.1, 0.15) is 6.67 Å². The summed E-state index contributed by atoms with van der Waals surface area (Å²) in [4.78, 5) is 14.1. The Morgan fingerprint density at radius 3 is 2.70 bits per heavy atom. The molecule has 0 fully saturated rings. The number of alkyl halides is 1. The Kier molecular flexibility index (Phi) is 4.34. The Bertz CT molecular complexity index is 582. The molecule has 0 aliphatic rings. The van der Waals surface area contributed by atoms with Gasteiger partial charge in [-0.3, -0.25) is 9.48 Å². The highest BCUT2D eigenvalue weighted by Crippen LogP contribution is 2.18. The van der Waals surface area contributed by atoms with Gasteiger partial charge < -0.3 is 10.6 Å². The van der Waals surface area contributed by atoms with Crippen LogP contribution in [0.2, 0.25) is 0 Å². The third-order valence-corrected chi connectivity index (χ3v) is 2.94. The fraction of sp³-hybridized carbons (Fsp3) is 0.286. The van der Waals surface area contributed by atoms with E-state index in [9.17, 15) is 9.18 Å². The van der Waals surface area contributed by atoms with E-state index in [0.29, 0.717) is 6.54 Å². The van der Waals surface area contributed by atoms with Crippen LogP contribution in [-0.4, -0.2) is 28.9 Å². The summed E-state index contributed by atoms with van der Waals surface area (Å²) in [6.45, 7) is 1.91. The molecule has 0 spiro atoms. The molecule has 0 atom stereocenters. The van der Waals surface area contributed by atoms with Gasteiger partial charge in [0, 0.05) is 18.4 Å². The largest absolute Gasteiger partial charge is 0.396 e. The Morgan fingerprint density at radius 2 is 2.10 bits per heavy atom. The highest BCUT2D eigenvalue weighted by Gasteiger charge is 2.21. The lowest BCUT2D eigenvalue weighted by atomic mass is 10.2. The van der Waals surface area contributed by atoms with Crippen molar-refractivity contribution < 1.29 is 9.18 Å². The maximum absolute atomic E-state index is 12.5. The summed E-state index contributed by atoms with van der Waals surface area (Å²) < 4.78 is 13.7. The number of anilines is 2. The van der Waals surface area contributed by atoms with Crippen molar-refractivity contribution in [1.82, 2.24) is 9.78 Å². The number of nitrogens with two attached hydrogens (primary N) is 1. The zero-order valence-corrected chi connectivity index (χ0v) is 11.3. The summed E-state index contributed by atoms with van der Waals surface area (Å²) in [7, 11) is 0. The number of hydrogen-bond acceptors (Lipinski definition) is 3. The van der Waals surface area contributed by atoms with Gasteiger partial charge in [-0.25, -0.2) is 4.39 Å². The normalized spacial score (nSPS) is 10.5. The zero-order chi connectivity index (χ0) is 14.5. The molecule has 1 aromatic carbocycles. The highest BCUT2D eigenvalue weighted by atomic mass is 19.1. The molecule has 0 saturated carbocycles. The Labute approximate surface area is 116 Å². The van der Waals surface area contributed by atoms with Crippen molar-refractivity contribution in [2.45, 2.75) is 13.5 Å². The molecule has 0 aliphatic carbocycles. The fourth-order valence-corrected chi connectivity index (χ4v) is 1.98. The molecule has 20 heavy (non-hydrogen) atoms. The number of hydrogen-bond donors (Lipinski definition) is 1. The molecule has 106 valence electrons. The zero-order valence-electron chi connectivity index (χ0n) is 11.3. The summed E-state index contributed by atoms with van der Waals surface area (Å²) >= 11 is 0. The number of carbonyl (C=O) groups is 1. The molecule has 0 unspecified atom stereocenters. The number of rotatable bonds is 5. The van der Waals surface area contributed by atoms with Crippen LogP contribution in [-0.2, 0) is 6.54 Å². The van der Waals surface area contributed by atoms with Crippen LogP contribution in [0.4, 0.5) is 15.8 Å². The van der Waals surface area contributed by atoms with Crippen LogP contribution in [0.5, 0.6) is 0 Å². The SMILES string of the molecule is CCN(C(=O)c1nn(CCF)cc1N)c1ccccc1.